The van der Waals surface area contributed by atoms with Crippen molar-refractivity contribution in [3.63, 3.8) is 0 Å². The van der Waals surface area contributed by atoms with Gasteiger partial charge >= 0.3 is 0 Å². The third kappa shape index (κ3) is 2.82. The van der Waals surface area contributed by atoms with Crippen LogP contribution in [0, 0.1) is 0 Å². The molecule has 4 nitrogen and oxygen atoms in total. The molecule has 19 heavy (non-hydrogen) atoms. The van der Waals surface area contributed by atoms with E-state index in [9.17, 15) is 4.79 Å². The standard InChI is InChI=1S/C14H15N3OS/c1-16-13(18)8-17-12-7-6-11(14(15)19)9-4-2-3-5-10(9)12/h2-7,17H,8H2,1H3,(H2,15,19)(H,16,18). The maximum absolute atomic E-state index is 11.3. The van der Waals surface area contributed by atoms with E-state index in [1.807, 2.05) is 36.4 Å². The summed E-state index contributed by atoms with van der Waals surface area (Å²) in [5.74, 6) is -0.0671. The van der Waals surface area contributed by atoms with Crippen LogP contribution in [-0.2, 0) is 4.79 Å². The summed E-state index contributed by atoms with van der Waals surface area (Å²) in [6.45, 7) is 0.229. The van der Waals surface area contributed by atoms with Crippen LogP contribution in [0.25, 0.3) is 10.8 Å². The molecule has 0 spiro atoms. The highest BCUT2D eigenvalue weighted by Gasteiger charge is 2.08. The molecule has 4 N–H and O–H groups in total. The number of nitrogens with two attached hydrogens (primary N) is 1. The number of thiocarbonyl (C=S) groups is 1. The molecule has 0 aromatic heterocycles. The molecule has 0 saturated carbocycles. The predicted octanol–water partition coefficient (Wildman–Crippen LogP) is 1.63. The Morgan fingerprint density at radius 3 is 2.53 bits per heavy atom. The van der Waals surface area contributed by atoms with Crippen LogP contribution >= 0.6 is 12.2 Å². The number of benzene rings is 2. The summed E-state index contributed by atoms with van der Waals surface area (Å²) in [6.07, 6.45) is 0. The smallest absolute Gasteiger partial charge is 0.239 e. The lowest BCUT2D eigenvalue weighted by molar-refractivity contribution is -0.118. The molecular weight excluding hydrogens is 258 g/mol. The average Bonchev–Trinajstić information content (AvgIpc) is 2.43. The van der Waals surface area contributed by atoms with Crippen LogP contribution in [0.4, 0.5) is 5.69 Å². The second kappa shape index (κ2) is 5.67. The molecule has 2 aromatic carbocycles. The van der Waals surface area contributed by atoms with Gasteiger partial charge in [-0.05, 0) is 17.5 Å². The van der Waals surface area contributed by atoms with Gasteiger partial charge in [0.25, 0.3) is 0 Å². The highest BCUT2D eigenvalue weighted by Crippen LogP contribution is 2.26. The van der Waals surface area contributed by atoms with Gasteiger partial charge in [0.2, 0.25) is 5.91 Å². The summed E-state index contributed by atoms with van der Waals surface area (Å²) < 4.78 is 0. The zero-order valence-electron chi connectivity index (χ0n) is 10.6. The minimum Gasteiger partial charge on any atom is -0.389 e. The minimum atomic E-state index is -0.0671. The molecule has 0 unspecified atom stereocenters. The Balaban J connectivity index is 2.44. The zero-order valence-corrected chi connectivity index (χ0v) is 11.4. The van der Waals surface area contributed by atoms with Crippen LogP contribution in [0.1, 0.15) is 5.56 Å². The Hall–Kier alpha value is -2.14. The van der Waals surface area contributed by atoms with Gasteiger partial charge in [0.15, 0.2) is 0 Å². The summed E-state index contributed by atoms with van der Waals surface area (Å²) in [5.41, 5.74) is 7.45. The molecule has 0 atom stereocenters. The van der Waals surface area contributed by atoms with E-state index in [1.165, 1.54) is 0 Å². The summed E-state index contributed by atoms with van der Waals surface area (Å²) in [5, 5.41) is 7.66. The Bertz CT molecular complexity index is 640. The van der Waals surface area contributed by atoms with Gasteiger partial charge in [-0.2, -0.15) is 0 Å². The highest BCUT2D eigenvalue weighted by atomic mass is 32.1. The first-order chi connectivity index (χ1) is 9.13. The number of hydrogen-bond acceptors (Lipinski definition) is 3. The Labute approximate surface area is 117 Å². The Morgan fingerprint density at radius 1 is 1.21 bits per heavy atom. The molecule has 2 aromatic rings. The lowest BCUT2D eigenvalue weighted by atomic mass is 10.0. The maximum atomic E-state index is 11.3. The fourth-order valence-electron chi connectivity index (χ4n) is 1.93. The number of carbonyl (C=O) groups excluding carboxylic acids is 1. The second-order valence-corrected chi connectivity index (χ2v) is 4.54. The topological polar surface area (TPSA) is 67.2 Å². The highest BCUT2D eigenvalue weighted by molar-refractivity contribution is 7.80. The summed E-state index contributed by atoms with van der Waals surface area (Å²) >= 11 is 5.05. The van der Waals surface area contributed by atoms with Crippen molar-refractivity contribution in [2.45, 2.75) is 0 Å². The fourth-order valence-corrected chi connectivity index (χ4v) is 2.11. The molecule has 2 rings (SSSR count). The second-order valence-electron chi connectivity index (χ2n) is 4.10. The van der Waals surface area contributed by atoms with E-state index >= 15 is 0 Å². The molecule has 0 aliphatic carbocycles. The predicted molar refractivity (Wildman–Crippen MR) is 82.4 cm³/mol. The van der Waals surface area contributed by atoms with Gasteiger partial charge in [0, 0.05) is 23.7 Å². The number of nitrogens with one attached hydrogen (secondary N) is 2. The number of hydrogen-bond donors (Lipinski definition) is 3. The fraction of sp³-hybridized carbons (Fsp3) is 0.143. The van der Waals surface area contributed by atoms with Crippen molar-refractivity contribution in [2.75, 3.05) is 18.9 Å². The maximum Gasteiger partial charge on any atom is 0.239 e. The van der Waals surface area contributed by atoms with Crippen LogP contribution in [0.5, 0.6) is 0 Å². The van der Waals surface area contributed by atoms with Crippen molar-refractivity contribution in [2.24, 2.45) is 5.73 Å². The minimum absolute atomic E-state index is 0.0671. The quantitative estimate of drug-likeness (QED) is 0.741. The van der Waals surface area contributed by atoms with Crippen molar-refractivity contribution in [3.8, 4) is 0 Å². The SMILES string of the molecule is CNC(=O)CNc1ccc(C(N)=S)c2ccccc12. The van der Waals surface area contributed by atoms with E-state index in [0.717, 1.165) is 22.0 Å². The lowest BCUT2D eigenvalue weighted by Crippen LogP contribution is -2.26. The molecule has 0 aliphatic rings. The monoisotopic (exact) mass is 273 g/mol. The number of fused-ring (bicyclic) bond motifs is 1. The van der Waals surface area contributed by atoms with Crippen LogP contribution in [0.15, 0.2) is 36.4 Å². The van der Waals surface area contributed by atoms with Gasteiger partial charge in [0.05, 0.1) is 6.54 Å². The molecule has 0 aliphatic heterocycles. The van der Waals surface area contributed by atoms with E-state index in [1.54, 1.807) is 7.05 Å². The Morgan fingerprint density at radius 2 is 1.89 bits per heavy atom. The van der Waals surface area contributed by atoms with Crippen LogP contribution in [0.2, 0.25) is 0 Å². The van der Waals surface area contributed by atoms with E-state index in [-0.39, 0.29) is 12.5 Å². The van der Waals surface area contributed by atoms with Crippen molar-refractivity contribution in [3.05, 3.63) is 42.0 Å². The van der Waals surface area contributed by atoms with Gasteiger partial charge in [-0.1, -0.05) is 36.5 Å². The number of amides is 1. The van der Waals surface area contributed by atoms with Gasteiger partial charge in [-0.15, -0.1) is 0 Å². The van der Waals surface area contributed by atoms with E-state index in [2.05, 4.69) is 10.6 Å². The van der Waals surface area contributed by atoms with Crippen LogP contribution in [-0.4, -0.2) is 24.5 Å². The molecule has 5 heteroatoms. The van der Waals surface area contributed by atoms with E-state index in [4.69, 9.17) is 18.0 Å². The zero-order chi connectivity index (χ0) is 13.8. The molecule has 0 radical (unpaired) electrons. The lowest BCUT2D eigenvalue weighted by Gasteiger charge is -2.12. The third-order valence-corrected chi connectivity index (χ3v) is 3.13. The molecule has 0 saturated heterocycles. The van der Waals surface area contributed by atoms with Crippen LogP contribution < -0.4 is 16.4 Å². The number of carbonyl (C=O) groups is 1. The summed E-state index contributed by atoms with van der Waals surface area (Å²) in [6, 6.07) is 11.6. The molecule has 0 fully saturated rings. The first kappa shape index (κ1) is 13.3. The van der Waals surface area contributed by atoms with Crippen LogP contribution in [0.3, 0.4) is 0 Å². The van der Waals surface area contributed by atoms with Crippen molar-refractivity contribution in [1.29, 1.82) is 0 Å². The number of likely N-dealkylation sites (N-methyl/N-ethyl adjacent to an activating group) is 1. The third-order valence-electron chi connectivity index (χ3n) is 2.91. The van der Waals surface area contributed by atoms with Crippen molar-refractivity contribution < 1.29 is 4.79 Å². The molecule has 98 valence electrons. The largest absolute Gasteiger partial charge is 0.389 e. The van der Waals surface area contributed by atoms with Gasteiger partial charge in [-0.25, -0.2) is 0 Å². The Kier molecular flexibility index (Phi) is 3.97. The number of anilines is 1. The van der Waals surface area contributed by atoms with Gasteiger partial charge < -0.3 is 16.4 Å². The molecule has 0 heterocycles. The van der Waals surface area contributed by atoms with Crippen molar-refractivity contribution in [1.82, 2.24) is 5.32 Å². The number of rotatable bonds is 4. The van der Waals surface area contributed by atoms with Gasteiger partial charge in [-0.3, -0.25) is 4.79 Å². The first-order valence-electron chi connectivity index (χ1n) is 5.89. The average molecular weight is 273 g/mol. The van der Waals surface area contributed by atoms with E-state index < -0.39 is 0 Å². The summed E-state index contributed by atoms with van der Waals surface area (Å²) in [7, 11) is 1.61. The molecule has 0 bridgehead atoms. The summed E-state index contributed by atoms with van der Waals surface area (Å²) in [4.78, 5) is 11.7. The first-order valence-corrected chi connectivity index (χ1v) is 6.30. The van der Waals surface area contributed by atoms with E-state index in [0.29, 0.717) is 4.99 Å². The van der Waals surface area contributed by atoms with Crippen molar-refractivity contribution >= 4 is 39.6 Å². The molecule has 1 amide bonds. The molecular formula is C14H15N3OS. The van der Waals surface area contributed by atoms with Gasteiger partial charge in [0.1, 0.15) is 4.99 Å². The normalized spacial score (nSPS) is 10.2.